The van der Waals surface area contributed by atoms with E-state index in [4.69, 9.17) is 24.4 Å². The molecule has 0 saturated heterocycles. The Labute approximate surface area is 601 Å². The number of para-hydroxylation sites is 4. The molecule has 0 saturated carbocycles. The standard InChI is InChI=1S/C95H54N8OS/c1-3-4-23-62-52(2)100(94-96-85(92-87(98-94)69-28-13-18-33-79(69)104-92)57-39-35-54(36-40-57)53-20-6-5-7-21-53)77-50-71-64-25-10-15-30-73(64)101-76-49-59(44-46-68(76)84(81(62)77)90(71)101)58-41-37-55-38-42-60(48-61(55)47-58)86-93-88(70-29-14-19-34-80(70)105-93)99-95(97-86)102-74-31-16-11-26-66(74)82-78(102)51-72-65-45-43-56-22-8-9-24-63(56)89(65)103-75-32-17-12-27-67(75)83(82)91(72)103/h3-51H,1H2,2H3/b23-4-. The van der Waals surface area contributed by atoms with Gasteiger partial charge in [-0.1, -0.05) is 237 Å². The van der Waals surface area contributed by atoms with Crippen molar-refractivity contribution in [1.82, 2.24) is 37.9 Å². The summed E-state index contributed by atoms with van der Waals surface area (Å²) in [4.78, 5) is 22.6. The molecule has 0 fully saturated rings. The number of fused-ring (bicyclic) bond motifs is 27. The molecular weight excluding hydrogens is 1300 g/mol. The lowest BCUT2D eigenvalue weighted by atomic mass is 9.97. The molecule has 0 aliphatic rings. The molecule has 0 aliphatic heterocycles. The Hall–Kier alpha value is -13.8. The number of benzene rings is 14. The zero-order valence-electron chi connectivity index (χ0n) is 56.4. The number of hydrogen-bond donors (Lipinski definition) is 0. The predicted molar refractivity (Wildman–Crippen MR) is 439 cm³/mol. The van der Waals surface area contributed by atoms with Gasteiger partial charge in [-0.2, -0.15) is 0 Å². The first-order valence-corrected chi connectivity index (χ1v) is 36.4. The Morgan fingerprint density at radius 3 is 1.74 bits per heavy atom. The monoisotopic (exact) mass is 1350 g/mol. The van der Waals surface area contributed by atoms with Gasteiger partial charge in [-0.05, 0) is 112 Å². The second kappa shape index (κ2) is 20.9. The molecule has 14 aromatic carbocycles. The van der Waals surface area contributed by atoms with E-state index in [0.29, 0.717) is 17.5 Å². The van der Waals surface area contributed by atoms with Crippen LogP contribution in [0.15, 0.2) is 302 Å². The summed E-state index contributed by atoms with van der Waals surface area (Å²) in [6, 6.07) is 102. The van der Waals surface area contributed by atoms with Gasteiger partial charge in [0, 0.05) is 102 Å². The first kappa shape index (κ1) is 56.9. The van der Waals surface area contributed by atoms with Gasteiger partial charge in [0.05, 0.1) is 65.6 Å². The fourth-order valence-electron chi connectivity index (χ4n) is 18.0. The van der Waals surface area contributed by atoms with Crippen LogP contribution in [0.5, 0.6) is 0 Å². The van der Waals surface area contributed by atoms with Crippen molar-refractivity contribution in [3.8, 4) is 56.7 Å². The normalized spacial score (nSPS) is 12.6. The average molecular weight is 1360 g/mol. The third kappa shape index (κ3) is 7.68. The van der Waals surface area contributed by atoms with Crippen LogP contribution in [0.4, 0.5) is 0 Å². The number of hydrogen-bond acceptors (Lipinski definition) is 6. The summed E-state index contributed by atoms with van der Waals surface area (Å²) in [6.45, 7) is 6.36. The first-order chi connectivity index (χ1) is 52.0. The molecule has 486 valence electrons. The Morgan fingerprint density at radius 2 is 0.914 bits per heavy atom. The summed E-state index contributed by atoms with van der Waals surface area (Å²) in [5.74, 6) is 1.21. The first-order valence-electron chi connectivity index (χ1n) is 35.6. The molecule has 0 radical (unpaired) electrons. The third-order valence-corrected chi connectivity index (χ3v) is 23.8. The van der Waals surface area contributed by atoms with Crippen LogP contribution in [-0.2, 0) is 0 Å². The molecular formula is C95H54N8OS. The number of aromatic nitrogens is 8. The van der Waals surface area contributed by atoms with Crippen molar-refractivity contribution < 1.29 is 4.42 Å². The third-order valence-electron chi connectivity index (χ3n) is 22.6. The van der Waals surface area contributed by atoms with Crippen LogP contribution in [-0.4, -0.2) is 37.9 Å². The van der Waals surface area contributed by atoms with Crippen molar-refractivity contribution in [2.75, 3.05) is 0 Å². The van der Waals surface area contributed by atoms with E-state index < -0.39 is 0 Å². The fourth-order valence-corrected chi connectivity index (χ4v) is 19.2. The molecule has 10 heterocycles. The predicted octanol–water partition coefficient (Wildman–Crippen LogP) is 25.4. The summed E-state index contributed by atoms with van der Waals surface area (Å²) in [6.07, 6.45) is 6.10. The van der Waals surface area contributed by atoms with E-state index in [1.807, 2.05) is 36.4 Å². The van der Waals surface area contributed by atoms with Crippen molar-refractivity contribution in [2.24, 2.45) is 0 Å². The molecule has 0 N–H and O–H groups in total. The minimum Gasteiger partial charge on any atom is -0.452 e. The highest BCUT2D eigenvalue weighted by molar-refractivity contribution is 7.26. The van der Waals surface area contributed by atoms with Gasteiger partial charge < -0.3 is 13.2 Å². The highest BCUT2D eigenvalue weighted by Gasteiger charge is 2.30. The Kier molecular flexibility index (Phi) is 11.3. The van der Waals surface area contributed by atoms with Gasteiger partial charge in [0.15, 0.2) is 5.58 Å². The van der Waals surface area contributed by atoms with E-state index >= 15 is 0 Å². The Morgan fingerprint density at radius 1 is 0.352 bits per heavy atom. The van der Waals surface area contributed by atoms with Crippen LogP contribution in [0.25, 0.3) is 236 Å². The Balaban J connectivity index is 0.692. The average Bonchev–Trinajstić information content (AvgIpc) is 1.52. The molecule has 0 aliphatic carbocycles. The zero-order valence-corrected chi connectivity index (χ0v) is 57.2. The fraction of sp³-hybridized carbons (Fsp3) is 0.0105. The van der Waals surface area contributed by atoms with E-state index in [0.717, 1.165) is 143 Å². The molecule has 105 heavy (non-hydrogen) atoms. The molecule has 0 amide bonds. The maximum absolute atomic E-state index is 6.72. The molecule has 10 aromatic heterocycles. The number of furan rings is 1. The van der Waals surface area contributed by atoms with Crippen molar-refractivity contribution in [2.45, 2.75) is 6.92 Å². The minimum absolute atomic E-state index is 0.567. The molecule has 9 nitrogen and oxygen atoms in total. The van der Waals surface area contributed by atoms with Crippen molar-refractivity contribution in [3.63, 3.8) is 0 Å². The van der Waals surface area contributed by atoms with Crippen LogP contribution in [0.1, 0.15) is 11.3 Å². The number of nitrogens with zero attached hydrogens (tertiary/aromatic N) is 8. The van der Waals surface area contributed by atoms with Crippen LogP contribution < -0.4 is 0 Å². The topological polar surface area (TPSA) is 83.4 Å². The quantitative estimate of drug-likeness (QED) is 0.142. The SMILES string of the molecule is C=C/C=C\c1c(C)n(-c2nc(-c3ccc(-c4ccccc4)cc3)c3oc4ccccc4c3n2)c2cc3c4ccccc4n4c5cc(-c6ccc7ccc(-c8nc(-n9c%10ccccc%10c%10c%11c%12ccccc%12n%12c%13c%14ccccc%14ccc%13c(cc%109)c%11%12)nc9c8sc8ccccc89)cc7c6)ccc5c(c12)c34. The summed E-state index contributed by atoms with van der Waals surface area (Å²) < 4.78 is 18.6. The molecule has 10 heteroatoms. The number of rotatable bonds is 8. The van der Waals surface area contributed by atoms with Crippen LogP contribution >= 0.6 is 11.3 Å². The van der Waals surface area contributed by atoms with E-state index in [1.54, 1.807) is 11.3 Å². The van der Waals surface area contributed by atoms with Crippen molar-refractivity contribution in [3.05, 3.63) is 309 Å². The van der Waals surface area contributed by atoms with Gasteiger partial charge in [-0.25, -0.2) is 19.9 Å². The second-order valence-electron chi connectivity index (χ2n) is 28.0. The highest BCUT2D eigenvalue weighted by atomic mass is 32.1. The van der Waals surface area contributed by atoms with Gasteiger partial charge >= 0.3 is 0 Å². The van der Waals surface area contributed by atoms with Crippen LogP contribution in [0, 0.1) is 6.92 Å². The van der Waals surface area contributed by atoms with Crippen molar-refractivity contribution in [1.29, 1.82) is 0 Å². The Bertz CT molecular complexity index is 8000. The summed E-state index contributed by atoms with van der Waals surface area (Å²) in [5.41, 5.74) is 23.6. The molecule has 0 atom stereocenters. The maximum Gasteiger partial charge on any atom is 0.235 e. The minimum atomic E-state index is 0.567. The summed E-state index contributed by atoms with van der Waals surface area (Å²) >= 11 is 1.77. The number of allylic oxidation sites excluding steroid dienone is 2. The molecule has 0 bridgehead atoms. The summed E-state index contributed by atoms with van der Waals surface area (Å²) in [7, 11) is 0. The van der Waals surface area contributed by atoms with Gasteiger partial charge in [0.25, 0.3) is 0 Å². The zero-order chi connectivity index (χ0) is 68.6. The molecule has 24 aromatic rings. The maximum atomic E-state index is 6.72. The van der Waals surface area contributed by atoms with Crippen LogP contribution in [0.3, 0.4) is 0 Å². The van der Waals surface area contributed by atoms with Crippen molar-refractivity contribution >= 4 is 190 Å². The smallest absolute Gasteiger partial charge is 0.235 e. The van der Waals surface area contributed by atoms with Crippen LogP contribution in [0.2, 0.25) is 0 Å². The molecule has 24 rings (SSSR count). The highest BCUT2D eigenvalue weighted by Crippen LogP contribution is 2.51. The summed E-state index contributed by atoms with van der Waals surface area (Å²) in [5, 5.41) is 19.9. The van der Waals surface area contributed by atoms with E-state index in [9.17, 15) is 0 Å². The van der Waals surface area contributed by atoms with Gasteiger partial charge in [0.1, 0.15) is 16.8 Å². The van der Waals surface area contributed by atoms with E-state index in [-0.39, 0.29) is 0 Å². The lowest BCUT2D eigenvalue weighted by molar-refractivity contribution is 0.666. The lowest BCUT2D eigenvalue weighted by Gasteiger charge is -2.11. The second-order valence-corrected chi connectivity index (χ2v) is 29.1. The van der Waals surface area contributed by atoms with E-state index in [1.165, 1.54) is 80.6 Å². The molecule has 0 spiro atoms. The number of thiophene rings is 1. The largest absolute Gasteiger partial charge is 0.452 e. The lowest BCUT2D eigenvalue weighted by Crippen LogP contribution is -2.04. The van der Waals surface area contributed by atoms with E-state index in [2.05, 4.69) is 292 Å². The molecule has 0 unspecified atom stereocenters. The van der Waals surface area contributed by atoms with Gasteiger partial charge in [0.2, 0.25) is 11.9 Å². The van der Waals surface area contributed by atoms with Gasteiger partial charge in [-0.3, -0.25) is 9.13 Å². The van der Waals surface area contributed by atoms with Gasteiger partial charge in [-0.15, -0.1) is 11.3 Å².